The van der Waals surface area contributed by atoms with Crippen LogP contribution in [0.3, 0.4) is 0 Å². The van der Waals surface area contributed by atoms with Gasteiger partial charge in [0.2, 0.25) is 0 Å². The molecule has 0 radical (unpaired) electrons. The van der Waals surface area contributed by atoms with Gasteiger partial charge in [0.05, 0.1) is 0 Å². The highest BCUT2D eigenvalue weighted by Gasteiger charge is 2.29. The van der Waals surface area contributed by atoms with Crippen LogP contribution in [0.25, 0.3) is 10.8 Å². The maximum atomic E-state index is 12.4. The van der Waals surface area contributed by atoms with Crippen LogP contribution in [0.15, 0.2) is 30.3 Å². The predicted molar refractivity (Wildman–Crippen MR) is 89.0 cm³/mol. The first-order valence-electron chi connectivity index (χ1n) is 7.47. The Morgan fingerprint density at radius 2 is 1.72 bits per heavy atom. The predicted octanol–water partition coefficient (Wildman–Crippen LogP) is 1.63. The van der Waals surface area contributed by atoms with E-state index in [1.54, 1.807) is 32.0 Å². The van der Waals surface area contributed by atoms with E-state index in [4.69, 9.17) is 10.5 Å². The van der Waals surface area contributed by atoms with Crippen molar-refractivity contribution in [2.24, 2.45) is 11.7 Å². The van der Waals surface area contributed by atoms with Crippen molar-refractivity contribution in [1.29, 1.82) is 0 Å². The van der Waals surface area contributed by atoms with Gasteiger partial charge in [0, 0.05) is 10.8 Å². The molecule has 2 rings (SSSR count). The number of urea groups is 1. The normalized spacial score (nSPS) is 12.0. The van der Waals surface area contributed by atoms with Crippen LogP contribution in [-0.2, 0) is 9.53 Å². The molecule has 0 spiro atoms. The zero-order chi connectivity index (χ0) is 18.7. The molecule has 0 aliphatic carbocycles. The highest BCUT2D eigenvalue weighted by Crippen LogP contribution is 2.35. The lowest BCUT2D eigenvalue weighted by atomic mass is 10.0. The fraction of sp³-hybridized carbons (Fsp3) is 0.235. The monoisotopic (exact) mass is 346 g/mol. The molecular weight excluding hydrogens is 328 g/mol. The van der Waals surface area contributed by atoms with Crippen LogP contribution in [0.2, 0.25) is 0 Å². The van der Waals surface area contributed by atoms with Crippen molar-refractivity contribution in [3.8, 4) is 11.5 Å². The van der Waals surface area contributed by atoms with Gasteiger partial charge in [-0.25, -0.2) is 9.59 Å². The molecule has 0 aliphatic heterocycles. The number of esters is 1. The van der Waals surface area contributed by atoms with Crippen molar-refractivity contribution in [2.75, 3.05) is 0 Å². The second kappa shape index (κ2) is 7.08. The summed E-state index contributed by atoms with van der Waals surface area (Å²) >= 11 is 0. The highest BCUT2D eigenvalue weighted by atomic mass is 16.5. The summed E-state index contributed by atoms with van der Waals surface area (Å²) < 4.78 is 5.12. The Balaban J connectivity index is 2.36. The summed E-state index contributed by atoms with van der Waals surface area (Å²) in [6.07, 6.45) is -1.30. The van der Waals surface area contributed by atoms with Crippen LogP contribution in [0.4, 0.5) is 4.79 Å². The van der Waals surface area contributed by atoms with E-state index in [2.05, 4.69) is 0 Å². The lowest BCUT2D eigenvalue weighted by Gasteiger charge is -2.20. The molecule has 0 saturated heterocycles. The van der Waals surface area contributed by atoms with E-state index in [1.165, 1.54) is 6.07 Å². The fourth-order valence-corrected chi connectivity index (χ4v) is 2.36. The third-order valence-electron chi connectivity index (χ3n) is 3.56. The first-order chi connectivity index (χ1) is 11.7. The van der Waals surface area contributed by atoms with Gasteiger partial charge in [-0.15, -0.1) is 0 Å². The van der Waals surface area contributed by atoms with Gasteiger partial charge in [0.15, 0.2) is 6.10 Å². The number of rotatable bonds is 4. The molecule has 1 atom stereocenters. The molecule has 0 aromatic heterocycles. The Morgan fingerprint density at radius 1 is 1.12 bits per heavy atom. The van der Waals surface area contributed by atoms with Crippen molar-refractivity contribution in [3.63, 3.8) is 0 Å². The fourth-order valence-electron chi connectivity index (χ4n) is 2.36. The number of phenols is 2. The van der Waals surface area contributed by atoms with Crippen LogP contribution >= 0.6 is 0 Å². The third-order valence-corrected chi connectivity index (χ3v) is 3.56. The number of benzene rings is 2. The topological polar surface area (TPSA) is 139 Å². The molecule has 0 unspecified atom stereocenters. The quantitative estimate of drug-likeness (QED) is 0.490. The molecule has 0 heterocycles. The van der Waals surface area contributed by atoms with Crippen LogP contribution in [0.5, 0.6) is 11.5 Å². The van der Waals surface area contributed by atoms with Crippen LogP contribution in [-0.4, -0.2) is 34.2 Å². The summed E-state index contributed by atoms with van der Waals surface area (Å²) in [7, 11) is 0. The number of hydrogen-bond donors (Lipinski definition) is 4. The maximum absolute atomic E-state index is 12.4. The standard InChI is InChI=1S/C17H18N2O6/c1-8(2)14(15(22)19-17(18)24)25-16(23)11-7-12(20)9-5-3-4-6-10(9)13(11)21/h3-8,14,20-21H,1-2H3,(H3,18,19,22,24)/t14-/m0/s1. The second-order valence-corrected chi connectivity index (χ2v) is 5.76. The Bertz CT molecular complexity index is 846. The molecule has 0 fully saturated rings. The molecule has 0 saturated carbocycles. The van der Waals surface area contributed by atoms with Gasteiger partial charge in [-0.2, -0.15) is 0 Å². The van der Waals surface area contributed by atoms with Crippen molar-refractivity contribution in [3.05, 3.63) is 35.9 Å². The van der Waals surface area contributed by atoms with Crippen molar-refractivity contribution in [2.45, 2.75) is 20.0 Å². The molecule has 5 N–H and O–H groups in total. The van der Waals surface area contributed by atoms with Gasteiger partial charge >= 0.3 is 12.0 Å². The van der Waals surface area contributed by atoms with E-state index in [9.17, 15) is 24.6 Å². The number of aromatic hydroxyl groups is 2. The van der Waals surface area contributed by atoms with Gasteiger partial charge in [0.25, 0.3) is 5.91 Å². The number of ether oxygens (including phenoxy) is 1. The molecule has 2 aromatic rings. The number of phenolic OH excluding ortho intramolecular Hbond substituents is 2. The molecule has 3 amide bonds. The molecule has 25 heavy (non-hydrogen) atoms. The zero-order valence-corrected chi connectivity index (χ0v) is 13.6. The summed E-state index contributed by atoms with van der Waals surface area (Å²) in [6.45, 7) is 3.21. The smallest absolute Gasteiger partial charge is 0.342 e. The van der Waals surface area contributed by atoms with Crippen molar-refractivity contribution >= 4 is 28.7 Å². The summed E-state index contributed by atoms with van der Waals surface area (Å²) in [4.78, 5) is 35.1. The highest BCUT2D eigenvalue weighted by molar-refractivity contribution is 6.04. The van der Waals surface area contributed by atoms with Gasteiger partial charge in [0.1, 0.15) is 17.1 Å². The van der Waals surface area contributed by atoms with E-state index in [-0.39, 0.29) is 22.4 Å². The van der Waals surface area contributed by atoms with Gasteiger partial charge in [-0.3, -0.25) is 10.1 Å². The molecule has 2 aromatic carbocycles. The first kappa shape index (κ1) is 18.1. The minimum absolute atomic E-state index is 0.219. The SMILES string of the molecule is CC(C)[C@H](OC(=O)c1cc(O)c2ccccc2c1O)C(=O)NC(N)=O. The van der Waals surface area contributed by atoms with Crippen LogP contribution < -0.4 is 11.1 Å². The second-order valence-electron chi connectivity index (χ2n) is 5.76. The van der Waals surface area contributed by atoms with Gasteiger partial charge in [-0.05, 0) is 12.0 Å². The Kier molecular flexibility index (Phi) is 5.11. The number of carbonyl (C=O) groups is 3. The Morgan fingerprint density at radius 3 is 2.28 bits per heavy atom. The Labute approximate surface area is 143 Å². The first-order valence-corrected chi connectivity index (χ1v) is 7.47. The molecular formula is C17H18N2O6. The Hall–Kier alpha value is -3.29. The van der Waals surface area contributed by atoms with Crippen molar-refractivity contribution in [1.82, 2.24) is 5.32 Å². The van der Waals surface area contributed by atoms with Gasteiger partial charge in [-0.1, -0.05) is 38.1 Å². The summed E-state index contributed by atoms with van der Waals surface area (Å²) in [5.41, 5.74) is 4.60. The third kappa shape index (κ3) is 3.79. The van der Waals surface area contributed by atoms with E-state index in [1.807, 2.05) is 5.32 Å². The number of nitrogens with two attached hydrogens (primary N) is 1. The number of fused-ring (bicyclic) bond motifs is 1. The van der Waals surface area contributed by atoms with Crippen LogP contribution in [0, 0.1) is 5.92 Å². The number of hydrogen-bond acceptors (Lipinski definition) is 6. The minimum Gasteiger partial charge on any atom is -0.507 e. The average Bonchev–Trinajstić information content (AvgIpc) is 2.54. The summed E-state index contributed by atoms with van der Waals surface area (Å²) in [6, 6.07) is 6.40. The summed E-state index contributed by atoms with van der Waals surface area (Å²) in [5.74, 6) is -2.95. The molecule has 0 bridgehead atoms. The zero-order valence-electron chi connectivity index (χ0n) is 13.6. The number of imide groups is 1. The lowest BCUT2D eigenvalue weighted by Crippen LogP contribution is -2.45. The number of nitrogens with one attached hydrogen (secondary N) is 1. The minimum atomic E-state index is -1.30. The molecule has 0 aliphatic rings. The van der Waals surface area contributed by atoms with Gasteiger partial charge < -0.3 is 20.7 Å². The van der Waals surface area contributed by atoms with Crippen molar-refractivity contribution < 1.29 is 29.3 Å². The number of amides is 3. The number of primary amides is 1. The van der Waals surface area contributed by atoms with E-state index in [0.29, 0.717) is 5.39 Å². The summed E-state index contributed by atoms with van der Waals surface area (Å²) in [5, 5.41) is 22.8. The van der Waals surface area contributed by atoms with Crippen LogP contribution in [0.1, 0.15) is 24.2 Å². The maximum Gasteiger partial charge on any atom is 0.342 e. The lowest BCUT2D eigenvalue weighted by molar-refractivity contribution is -0.130. The largest absolute Gasteiger partial charge is 0.507 e. The average molecular weight is 346 g/mol. The molecule has 132 valence electrons. The van der Waals surface area contributed by atoms with E-state index >= 15 is 0 Å². The van der Waals surface area contributed by atoms with E-state index < -0.39 is 29.9 Å². The molecule has 8 heteroatoms. The van der Waals surface area contributed by atoms with E-state index in [0.717, 1.165) is 6.07 Å². The molecule has 8 nitrogen and oxygen atoms in total. The number of carbonyl (C=O) groups excluding carboxylic acids is 3.